The number of carboxylic acids is 1. The maximum Gasteiger partial charge on any atom is 0.308 e. The van der Waals surface area contributed by atoms with Crippen LogP contribution < -0.4 is 4.72 Å². The molecule has 0 spiro atoms. The minimum absolute atomic E-state index is 0.0653. The number of carbonyl (C=O) groups is 1. The van der Waals surface area contributed by atoms with Gasteiger partial charge >= 0.3 is 5.97 Å². The van der Waals surface area contributed by atoms with Crippen LogP contribution in [-0.4, -0.2) is 31.3 Å². The van der Waals surface area contributed by atoms with Crippen molar-refractivity contribution in [1.29, 1.82) is 0 Å². The summed E-state index contributed by atoms with van der Waals surface area (Å²) in [5, 5.41) is 9.13. The normalized spacial score (nSPS) is 26.4. The maximum absolute atomic E-state index is 11.7. The molecule has 0 aromatic heterocycles. The van der Waals surface area contributed by atoms with Crippen molar-refractivity contribution < 1.29 is 18.3 Å². The SMILES string of the molecule is CCCS(=O)(=O)NC1CCCCCC1C(=O)O. The van der Waals surface area contributed by atoms with Gasteiger partial charge < -0.3 is 5.11 Å². The second-order valence-electron chi connectivity index (χ2n) is 4.63. The summed E-state index contributed by atoms with van der Waals surface area (Å²) in [4.78, 5) is 11.1. The van der Waals surface area contributed by atoms with Gasteiger partial charge in [-0.05, 0) is 19.3 Å². The first-order valence-electron chi connectivity index (χ1n) is 6.19. The molecule has 0 heterocycles. The standard InChI is InChI=1S/C11H21NO4S/c1-2-8-17(15,16)12-10-7-5-3-4-6-9(10)11(13)14/h9-10,12H,2-8H2,1H3,(H,13,14). The molecule has 1 aliphatic rings. The van der Waals surface area contributed by atoms with Gasteiger partial charge in [0.15, 0.2) is 0 Å². The number of sulfonamides is 1. The van der Waals surface area contributed by atoms with Crippen LogP contribution in [0.1, 0.15) is 45.4 Å². The summed E-state index contributed by atoms with van der Waals surface area (Å²) in [5.41, 5.74) is 0. The summed E-state index contributed by atoms with van der Waals surface area (Å²) in [5.74, 6) is -1.41. The van der Waals surface area contributed by atoms with Crippen molar-refractivity contribution in [3.63, 3.8) is 0 Å². The molecule has 0 aromatic carbocycles. The molecular weight excluding hydrogens is 242 g/mol. The van der Waals surface area contributed by atoms with E-state index in [-0.39, 0.29) is 5.75 Å². The fourth-order valence-corrected chi connectivity index (χ4v) is 3.70. The lowest BCUT2D eigenvalue weighted by molar-refractivity contribution is -0.142. The Bertz CT molecular complexity index is 352. The monoisotopic (exact) mass is 263 g/mol. The number of hydrogen-bond acceptors (Lipinski definition) is 3. The summed E-state index contributed by atoms with van der Waals surface area (Å²) in [6.45, 7) is 1.79. The van der Waals surface area contributed by atoms with Gasteiger partial charge in [-0.2, -0.15) is 0 Å². The Morgan fingerprint density at radius 2 is 1.94 bits per heavy atom. The zero-order chi connectivity index (χ0) is 12.9. The Morgan fingerprint density at radius 1 is 1.29 bits per heavy atom. The number of hydrogen-bond donors (Lipinski definition) is 2. The minimum Gasteiger partial charge on any atom is -0.481 e. The van der Waals surface area contributed by atoms with E-state index in [9.17, 15) is 13.2 Å². The van der Waals surface area contributed by atoms with Gasteiger partial charge in [0.25, 0.3) is 0 Å². The van der Waals surface area contributed by atoms with E-state index in [1.165, 1.54) is 0 Å². The summed E-state index contributed by atoms with van der Waals surface area (Å²) in [7, 11) is -3.33. The molecule has 0 aliphatic heterocycles. The molecule has 2 N–H and O–H groups in total. The van der Waals surface area contributed by atoms with Crippen LogP contribution >= 0.6 is 0 Å². The van der Waals surface area contributed by atoms with Crippen molar-refractivity contribution in [2.75, 3.05) is 5.75 Å². The van der Waals surface area contributed by atoms with Gasteiger partial charge in [0.05, 0.1) is 11.7 Å². The van der Waals surface area contributed by atoms with E-state index in [2.05, 4.69) is 4.72 Å². The molecule has 17 heavy (non-hydrogen) atoms. The molecule has 1 rings (SSSR count). The summed E-state index contributed by atoms with van der Waals surface area (Å²) in [6, 6.07) is -0.438. The molecule has 0 saturated heterocycles. The molecule has 100 valence electrons. The van der Waals surface area contributed by atoms with Crippen LogP contribution in [0.25, 0.3) is 0 Å². The summed E-state index contributed by atoms with van der Waals surface area (Å²) in [6.07, 6.45) is 4.47. The molecule has 0 amide bonds. The average molecular weight is 263 g/mol. The molecule has 1 saturated carbocycles. The van der Waals surface area contributed by atoms with Crippen LogP contribution in [0.3, 0.4) is 0 Å². The van der Waals surface area contributed by atoms with E-state index < -0.39 is 28.0 Å². The molecule has 0 aromatic rings. The third-order valence-corrected chi connectivity index (χ3v) is 4.74. The number of carboxylic acid groups (broad SMARTS) is 1. The maximum atomic E-state index is 11.7. The molecule has 0 radical (unpaired) electrons. The van der Waals surface area contributed by atoms with Crippen LogP contribution in [0.5, 0.6) is 0 Å². The van der Waals surface area contributed by atoms with Gasteiger partial charge in [-0.15, -0.1) is 0 Å². The van der Waals surface area contributed by atoms with Crippen LogP contribution in [0, 0.1) is 5.92 Å². The molecule has 2 atom stereocenters. The highest BCUT2D eigenvalue weighted by Gasteiger charge is 2.31. The van der Waals surface area contributed by atoms with Gasteiger partial charge in [0.2, 0.25) is 10.0 Å². The topological polar surface area (TPSA) is 83.5 Å². The number of nitrogens with one attached hydrogen (secondary N) is 1. The third-order valence-electron chi connectivity index (χ3n) is 3.14. The number of aliphatic carboxylic acids is 1. The van der Waals surface area contributed by atoms with Crippen LogP contribution in [0.4, 0.5) is 0 Å². The van der Waals surface area contributed by atoms with E-state index in [4.69, 9.17) is 5.11 Å². The molecule has 1 aliphatic carbocycles. The van der Waals surface area contributed by atoms with E-state index >= 15 is 0 Å². The fourth-order valence-electron chi connectivity index (χ4n) is 2.30. The largest absolute Gasteiger partial charge is 0.481 e. The lowest BCUT2D eigenvalue weighted by Gasteiger charge is -2.22. The number of rotatable bonds is 5. The second kappa shape index (κ2) is 6.35. The second-order valence-corrected chi connectivity index (χ2v) is 6.50. The van der Waals surface area contributed by atoms with Gasteiger partial charge in [0, 0.05) is 6.04 Å². The van der Waals surface area contributed by atoms with Crippen molar-refractivity contribution in [2.24, 2.45) is 5.92 Å². The Morgan fingerprint density at radius 3 is 2.53 bits per heavy atom. The highest BCUT2D eigenvalue weighted by Crippen LogP contribution is 2.24. The van der Waals surface area contributed by atoms with E-state index in [1.807, 2.05) is 0 Å². The van der Waals surface area contributed by atoms with E-state index in [0.29, 0.717) is 19.3 Å². The van der Waals surface area contributed by atoms with E-state index in [0.717, 1.165) is 19.3 Å². The highest BCUT2D eigenvalue weighted by molar-refractivity contribution is 7.89. The third kappa shape index (κ3) is 4.63. The van der Waals surface area contributed by atoms with Crippen LogP contribution in [-0.2, 0) is 14.8 Å². The Kier molecular flexibility index (Phi) is 5.39. The van der Waals surface area contributed by atoms with Crippen molar-refractivity contribution in [3.8, 4) is 0 Å². The van der Waals surface area contributed by atoms with Crippen LogP contribution in [0.15, 0.2) is 0 Å². The highest BCUT2D eigenvalue weighted by atomic mass is 32.2. The predicted molar refractivity (Wildman–Crippen MR) is 65.2 cm³/mol. The quantitative estimate of drug-likeness (QED) is 0.733. The van der Waals surface area contributed by atoms with Crippen molar-refractivity contribution in [3.05, 3.63) is 0 Å². The Hall–Kier alpha value is -0.620. The Labute approximate surface area is 103 Å². The lowest BCUT2D eigenvalue weighted by atomic mass is 9.96. The molecule has 2 unspecified atom stereocenters. The predicted octanol–water partition coefficient (Wildman–Crippen LogP) is 1.35. The van der Waals surface area contributed by atoms with Crippen molar-refractivity contribution >= 4 is 16.0 Å². The first-order chi connectivity index (χ1) is 7.96. The van der Waals surface area contributed by atoms with Gasteiger partial charge in [-0.1, -0.05) is 26.2 Å². The summed E-state index contributed by atoms with van der Waals surface area (Å²) < 4.78 is 25.9. The zero-order valence-electron chi connectivity index (χ0n) is 10.2. The molecular formula is C11H21NO4S. The van der Waals surface area contributed by atoms with Gasteiger partial charge in [-0.25, -0.2) is 13.1 Å². The van der Waals surface area contributed by atoms with Crippen LogP contribution in [0.2, 0.25) is 0 Å². The summed E-state index contributed by atoms with van der Waals surface area (Å²) >= 11 is 0. The molecule has 0 bridgehead atoms. The first kappa shape index (κ1) is 14.4. The average Bonchev–Trinajstić information content (AvgIpc) is 2.42. The molecule has 5 nitrogen and oxygen atoms in total. The first-order valence-corrected chi connectivity index (χ1v) is 7.84. The molecule has 6 heteroatoms. The fraction of sp³-hybridized carbons (Fsp3) is 0.909. The minimum atomic E-state index is -3.33. The zero-order valence-corrected chi connectivity index (χ0v) is 11.0. The van der Waals surface area contributed by atoms with Crippen molar-refractivity contribution in [2.45, 2.75) is 51.5 Å². The van der Waals surface area contributed by atoms with E-state index in [1.54, 1.807) is 6.92 Å². The Balaban J connectivity index is 2.73. The smallest absolute Gasteiger partial charge is 0.308 e. The van der Waals surface area contributed by atoms with Crippen molar-refractivity contribution in [1.82, 2.24) is 4.72 Å². The van der Waals surface area contributed by atoms with Gasteiger partial charge in [0.1, 0.15) is 0 Å². The van der Waals surface area contributed by atoms with Gasteiger partial charge in [-0.3, -0.25) is 4.79 Å². The molecule has 1 fully saturated rings. The lowest BCUT2D eigenvalue weighted by Crippen LogP contribution is -2.43.